The Hall–Kier alpha value is -3.13. The summed E-state index contributed by atoms with van der Waals surface area (Å²) in [5, 5.41) is 9.03. The van der Waals surface area contributed by atoms with Gasteiger partial charge in [-0.2, -0.15) is 0 Å². The molecule has 0 saturated carbocycles. The summed E-state index contributed by atoms with van der Waals surface area (Å²) in [7, 11) is 0. The minimum atomic E-state index is -0.612. The van der Waals surface area contributed by atoms with Gasteiger partial charge in [0.1, 0.15) is 5.25 Å². The van der Waals surface area contributed by atoms with E-state index < -0.39 is 11.2 Å². The highest BCUT2D eigenvalue weighted by atomic mass is 32.2. The van der Waals surface area contributed by atoms with Crippen molar-refractivity contribution in [2.75, 3.05) is 0 Å². The molecule has 0 fully saturated rings. The molecule has 4 aromatic rings. The van der Waals surface area contributed by atoms with E-state index in [2.05, 4.69) is 10.2 Å². The number of benzene rings is 2. The monoisotopic (exact) mass is 393 g/mol. The minimum absolute atomic E-state index is 0.0941. The summed E-state index contributed by atoms with van der Waals surface area (Å²) in [5.41, 5.74) is 7.08. The highest BCUT2D eigenvalue weighted by Crippen LogP contribution is 2.34. The third-order valence-corrected chi connectivity index (χ3v) is 5.72. The number of para-hydroxylation sites is 1. The number of rotatable bonds is 6. The van der Waals surface area contributed by atoms with Crippen LogP contribution in [0.2, 0.25) is 0 Å². The van der Waals surface area contributed by atoms with Gasteiger partial charge in [-0.15, -0.1) is 10.2 Å². The number of primary amides is 1. The summed E-state index contributed by atoms with van der Waals surface area (Å²) in [6.45, 7) is 2.54. The Labute approximate surface area is 165 Å². The number of amides is 1. The van der Waals surface area contributed by atoms with Crippen LogP contribution in [-0.4, -0.2) is 25.1 Å². The molecule has 1 unspecified atom stereocenters. The van der Waals surface area contributed by atoms with Crippen molar-refractivity contribution in [2.45, 2.75) is 30.3 Å². The molecule has 0 bridgehead atoms. The normalized spacial score (nSPS) is 12.5. The van der Waals surface area contributed by atoms with Gasteiger partial charge < -0.3 is 5.73 Å². The van der Waals surface area contributed by atoms with Gasteiger partial charge in [0, 0.05) is 6.54 Å². The molecule has 2 aromatic heterocycles. The lowest BCUT2D eigenvalue weighted by molar-refractivity contribution is -0.117. The molecule has 2 N–H and O–H groups in total. The Balaban J connectivity index is 1.93. The minimum Gasteiger partial charge on any atom is -0.368 e. The van der Waals surface area contributed by atoms with E-state index in [1.165, 1.54) is 11.8 Å². The average molecular weight is 393 g/mol. The molecule has 2 aromatic carbocycles. The van der Waals surface area contributed by atoms with E-state index in [0.717, 1.165) is 12.0 Å². The summed E-state index contributed by atoms with van der Waals surface area (Å²) in [4.78, 5) is 25.0. The first-order chi connectivity index (χ1) is 13.6. The molecule has 28 heavy (non-hydrogen) atoms. The van der Waals surface area contributed by atoms with Crippen LogP contribution in [-0.2, 0) is 11.3 Å². The quantitative estimate of drug-likeness (QED) is 0.508. The Morgan fingerprint density at radius 2 is 1.82 bits per heavy atom. The summed E-state index contributed by atoms with van der Waals surface area (Å²) in [5.74, 6) is 0.00321. The number of nitrogens with two attached hydrogens (primary N) is 1. The summed E-state index contributed by atoms with van der Waals surface area (Å²) in [6, 6.07) is 16.7. The molecular weight excluding hydrogens is 374 g/mol. The first-order valence-corrected chi connectivity index (χ1v) is 9.87. The van der Waals surface area contributed by atoms with Crippen LogP contribution in [0.5, 0.6) is 0 Å². The lowest BCUT2D eigenvalue weighted by Crippen LogP contribution is -2.23. The first-order valence-electron chi connectivity index (χ1n) is 8.99. The topological polar surface area (TPSA) is 95.3 Å². The van der Waals surface area contributed by atoms with Crippen molar-refractivity contribution in [2.24, 2.45) is 5.73 Å². The molecule has 1 amide bonds. The molecule has 2 heterocycles. The van der Waals surface area contributed by atoms with E-state index in [9.17, 15) is 9.59 Å². The van der Waals surface area contributed by atoms with E-state index in [1.54, 1.807) is 10.6 Å². The molecule has 4 rings (SSSR count). The van der Waals surface area contributed by atoms with Crippen LogP contribution in [0.4, 0.5) is 0 Å². The van der Waals surface area contributed by atoms with Crippen molar-refractivity contribution in [1.29, 1.82) is 0 Å². The van der Waals surface area contributed by atoms with Crippen LogP contribution in [0, 0.1) is 0 Å². The van der Waals surface area contributed by atoms with Crippen molar-refractivity contribution in [1.82, 2.24) is 19.2 Å². The molecule has 142 valence electrons. The fourth-order valence-corrected chi connectivity index (χ4v) is 4.25. The van der Waals surface area contributed by atoms with Crippen LogP contribution < -0.4 is 11.3 Å². The third-order valence-electron chi connectivity index (χ3n) is 4.51. The van der Waals surface area contributed by atoms with Crippen molar-refractivity contribution < 1.29 is 4.79 Å². The molecule has 0 aliphatic carbocycles. The summed E-state index contributed by atoms with van der Waals surface area (Å²) < 4.78 is 3.46. The molecule has 1 atom stereocenters. The SMILES string of the molecule is CCCn1c(=O)c2ccccc2n2c(SC(C(N)=O)c3ccccc3)nnc12. The van der Waals surface area contributed by atoms with Gasteiger partial charge in [-0.1, -0.05) is 61.2 Å². The van der Waals surface area contributed by atoms with Gasteiger partial charge in [-0.25, -0.2) is 0 Å². The number of aryl methyl sites for hydroxylation is 1. The Morgan fingerprint density at radius 1 is 1.11 bits per heavy atom. The van der Waals surface area contributed by atoms with Crippen LogP contribution in [0.15, 0.2) is 64.5 Å². The number of thioether (sulfide) groups is 1. The zero-order valence-corrected chi connectivity index (χ0v) is 16.1. The molecule has 7 nitrogen and oxygen atoms in total. The third kappa shape index (κ3) is 3.05. The highest BCUT2D eigenvalue weighted by Gasteiger charge is 2.24. The standard InChI is InChI=1S/C20H19N5O2S/c1-2-12-24-18(27)14-10-6-7-11-15(14)25-19(24)22-23-20(25)28-16(17(21)26)13-8-4-3-5-9-13/h3-11,16H,2,12H2,1H3,(H2,21,26). The van der Waals surface area contributed by atoms with Crippen molar-refractivity contribution in [3.63, 3.8) is 0 Å². The Morgan fingerprint density at radius 3 is 2.54 bits per heavy atom. The first kappa shape index (κ1) is 18.2. The molecule has 0 aliphatic rings. The fraction of sp³-hybridized carbons (Fsp3) is 0.200. The predicted octanol–water partition coefficient (Wildman–Crippen LogP) is 2.77. The molecule has 0 radical (unpaired) electrons. The van der Waals surface area contributed by atoms with Crippen molar-refractivity contribution >= 4 is 34.3 Å². The number of fused-ring (bicyclic) bond motifs is 3. The fourth-order valence-electron chi connectivity index (χ4n) is 3.26. The van der Waals surface area contributed by atoms with Crippen molar-refractivity contribution in [3.8, 4) is 0 Å². The number of aromatic nitrogens is 4. The van der Waals surface area contributed by atoms with Crippen LogP contribution in [0.25, 0.3) is 16.7 Å². The van der Waals surface area contributed by atoms with Gasteiger partial charge in [0.15, 0.2) is 5.16 Å². The second-order valence-corrected chi connectivity index (χ2v) is 7.48. The second-order valence-electron chi connectivity index (χ2n) is 6.40. The van der Waals surface area contributed by atoms with E-state index >= 15 is 0 Å². The molecule has 0 saturated heterocycles. The smallest absolute Gasteiger partial charge is 0.262 e. The maximum atomic E-state index is 12.9. The second kappa shape index (κ2) is 7.47. The molecule has 0 aliphatic heterocycles. The van der Waals surface area contributed by atoms with Gasteiger partial charge in [0.25, 0.3) is 5.56 Å². The number of carbonyl (C=O) groups excluding carboxylic acids is 1. The van der Waals surface area contributed by atoms with Crippen molar-refractivity contribution in [3.05, 3.63) is 70.5 Å². The summed E-state index contributed by atoms with van der Waals surface area (Å²) >= 11 is 1.23. The van der Waals surface area contributed by atoms with Gasteiger partial charge in [0.05, 0.1) is 10.9 Å². The zero-order valence-electron chi connectivity index (χ0n) is 15.3. The molecule has 0 spiro atoms. The molecular formula is C20H19N5O2S. The lowest BCUT2D eigenvalue weighted by atomic mass is 10.1. The maximum Gasteiger partial charge on any atom is 0.262 e. The van der Waals surface area contributed by atoms with E-state index in [4.69, 9.17) is 5.73 Å². The number of hydrogen-bond acceptors (Lipinski definition) is 5. The van der Waals surface area contributed by atoms with Gasteiger partial charge >= 0.3 is 0 Å². The largest absolute Gasteiger partial charge is 0.368 e. The van der Waals surface area contributed by atoms with Gasteiger partial charge in [-0.05, 0) is 24.1 Å². The Kier molecular flexibility index (Phi) is 4.87. The van der Waals surface area contributed by atoms with Crippen LogP contribution in [0.3, 0.4) is 0 Å². The van der Waals surface area contributed by atoms with Crippen LogP contribution >= 0.6 is 11.8 Å². The maximum absolute atomic E-state index is 12.9. The van der Waals surface area contributed by atoms with Gasteiger partial charge in [0.2, 0.25) is 11.7 Å². The van der Waals surface area contributed by atoms with E-state index in [-0.39, 0.29) is 5.56 Å². The lowest BCUT2D eigenvalue weighted by Gasteiger charge is -2.14. The van der Waals surface area contributed by atoms with Crippen LogP contribution in [0.1, 0.15) is 24.2 Å². The predicted molar refractivity (Wildman–Crippen MR) is 109 cm³/mol. The average Bonchev–Trinajstić information content (AvgIpc) is 3.13. The number of carbonyl (C=O) groups is 1. The molecule has 8 heteroatoms. The highest BCUT2D eigenvalue weighted by molar-refractivity contribution is 8.00. The zero-order chi connectivity index (χ0) is 19.7. The number of hydrogen-bond donors (Lipinski definition) is 1. The number of nitrogens with zero attached hydrogens (tertiary/aromatic N) is 4. The Bertz CT molecular complexity index is 1220. The van der Waals surface area contributed by atoms with Gasteiger partial charge in [-0.3, -0.25) is 18.6 Å². The van der Waals surface area contributed by atoms with E-state index in [1.807, 2.05) is 59.9 Å². The summed E-state index contributed by atoms with van der Waals surface area (Å²) in [6.07, 6.45) is 0.789. The van der Waals surface area contributed by atoms with E-state index in [0.29, 0.717) is 28.4 Å².